The number of benzene rings is 1. The van der Waals surface area contributed by atoms with Gasteiger partial charge in [0.2, 0.25) is 5.95 Å². The molecule has 7 heteroatoms. The van der Waals surface area contributed by atoms with Gasteiger partial charge in [-0.3, -0.25) is 4.79 Å². The highest BCUT2D eigenvalue weighted by Crippen LogP contribution is 2.18. The van der Waals surface area contributed by atoms with Gasteiger partial charge in [0.1, 0.15) is 0 Å². The number of hydrogen-bond acceptors (Lipinski definition) is 4. The van der Waals surface area contributed by atoms with Crippen LogP contribution in [0.2, 0.25) is 0 Å². The standard InChI is InChI=1S/C16H17F2N3O2/c17-15(18)12-9-19-16(20-10-12)21-13(6-7-14(22)23)8-11-4-2-1-3-5-11/h1-5,9-10,13,15H,6-8H2,(H,22,23)(H,19,20,21). The second kappa shape index (κ2) is 8.17. The summed E-state index contributed by atoms with van der Waals surface area (Å²) in [6.07, 6.45) is 0.488. The minimum Gasteiger partial charge on any atom is -0.481 e. The Morgan fingerprint density at radius 2 is 1.83 bits per heavy atom. The van der Waals surface area contributed by atoms with Crippen molar-refractivity contribution in [1.29, 1.82) is 0 Å². The van der Waals surface area contributed by atoms with E-state index in [0.717, 1.165) is 18.0 Å². The van der Waals surface area contributed by atoms with Crippen molar-refractivity contribution in [2.45, 2.75) is 31.7 Å². The summed E-state index contributed by atoms with van der Waals surface area (Å²) in [5.41, 5.74) is 0.792. The zero-order valence-electron chi connectivity index (χ0n) is 12.3. The smallest absolute Gasteiger partial charge is 0.303 e. The van der Waals surface area contributed by atoms with Crippen LogP contribution in [-0.4, -0.2) is 27.1 Å². The van der Waals surface area contributed by atoms with Gasteiger partial charge in [0.15, 0.2) is 0 Å². The molecule has 0 fully saturated rings. The van der Waals surface area contributed by atoms with Gasteiger partial charge in [-0.2, -0.15) is 0 Å². The van der Waals surface area contributed by atoms with Crippen LogP contribution in [0.4, 0.5) is 14.7 Å². The van der Waals surface area contributed by atoms with Crippen LogP contribution >= 0.6 is 0 Å². The normalized spacial score (nSPS) is 12.1. The highest BCUT2D eigenvalue weighted by Gasteiger charge is 2.14. The highest BCUT2D eigenvalue weighted by atomic mass is 19.3. The largest absolute Gasteiger partial charge is 0.481 e. The van der Waals surface area contributed by atoms with E-state index in [-0.39, 0.29) is 24.0 Å². The number of aliphatic carboxylic acids is 1. The number of nitrogens with zero attached hydrogens (tertiary/aromatic N) is 2. The number of halogens is 2. The van der Waals surface area contributed by atoms with E-state index >= 15 is 0 Å². The first-order valence-electron chi connectivity index (χ1n) is 7.17. The van der Waals surface area contributed by atoms with Crippen LogP contribution < -0.4 is 5.32 Å². The number of alkyl halides is 2. The van der Waals surface area contributed by atoms with E-state index in [1.54, 1.807) is 0 Å². The fourth-order valence-corrected chi connectivity index (χ4v) is 2.13. The van der Waals surface area contributed by atoms with Gasteiger partial charge in [-0.15, -0.1) is 0 Å². The molecule has 0 aliphatic heterocycles. The van der Waals surface area contributed by atoms with Gasteiger partial charge in [-0.1, -0.05) is 30.3 Å². The molecule has 2 aromatic rings. The average molecular weight is 321 g/mol. The average Bonchev–Trinajstić information content (AvgIpc) is 2.54. The van der Waals surface area contributed by atoms with E-state index < -0.39 is 12.4 Å². The number of carbonyl (C=O) groups is 1. The Bertz CT molecular complexity index is 621. The van der Waals surface area contributed by atoms with Gasteiger partial charge in [0, 0.05) is 24.9 Å². The quantitative estimate of drug-likeness (QED) is 0.780. The van der Waals surface area contributed by atoms with E-state index in [0.29, 0.717) is 12.8 Å². The summed E-state index contributed by atoms with van der Waals surface area (Å²) in [5.74, 6) is -0.681. The minimum atomic E-state index is -2.61. The third kappa shape index (κ3) is 5.61. The topological polar surface area (TPSA) is 75.1 Å². The Balaban J connectivity index is 2.05. The fraction of sp³-hybridized carbons (Fsp3) is 0.312. The maximum atomic E-state index is 12.5. The van der Waals surface area contributed by atoms with Gasteiger partial charge < -0.3 is 10.4 Å². The maximum absolute atomic E-state index is 12.5. The maximum Gasteiger partial charge on any atom is 0.303 e. The molecule has 0 aliphatic carbocycles. The lowest BCUT2D eigenvalue weighted by molar-refractivity contribution is -0.137. The summed E-state index contributed by atoms with van der Waals surface area (Å²) in [6.45, 7) is 0. The van der Waals surface area contributed by atoms with Crippen molar-refractivity contribution in [3.63, 3.8) is 0 Å². The molecule has 1 heterocycles. The van der Waals surface area contributed by atoms with Crippen molar-refractivity contribution in [1.82, 2.24) is 9.97 Å². The first-order chi connectivity index (χ1) is 11.0. The lowest BCUT2D eigenvalue weighted by Gasteiger charge is -2.18. The van der Waals surface area contributed by atoms with Crippen molar-refractivity contribution >= 4 is 11.9 Å². The molecule has 0 aliphatic rings. The first kappa shape index (κ1) is 16.8. The molecule has 1 atom stereocenters. The van der Waals surface area contributed by atoms with Gasteiger partial charge in [-0.25, -0.2) is 18.7 Å². The molecule has 0 bridgehead atoms. The fourth-order valence-electron chi connectivity index (χ4n) is 2.13. The van der Waals surface area contributed by atoms with E-state index in [9.17, 15) is 13.6 Å². The SMILES string of the molecule is O=C(O)CCC(Cc1ccccc1)Nc1ncc(C(F)F)cn1. The molecule has 0 radical (unpaired) electrons. The van der Waals surface area contributed by atoms with Crippen LogP contribution in [0.1, 0.15) is 30.4 Å². The van der Waals surface area contributed by atoms with E-state index in [1.165, 1.54) is 0 Å². The van der Waals surface area contributed by atoms with Gasteiger partial charge in [0.25, 0.3) is 6.43 Å². The van der Waals surface area contributed by atoms with Crippen LogP contribution in [0.15, 0.2) is 42.7 Å². The summed E-state index contributed by atoms with van der Waals surface area (Å²) in [5, 5.41) is 11.9. The molecular weight excluding hydrogens is 304 g/mol. The lowest BCUT2D eigenvalue weighted by Crippen LogP contribution is -2.24. The molecule has 0 saturated heterocycles. The van der Waals surface area contributed by atoms with E-state index in [2.05, 4.69) is 15.3 Å². The summed E-state index contributed by atoms with van der Waals surface area (Å²) in [6, 6.07) is 9.38. The lowest BCUT2D eigenvalue weighted by atomic mass is 10.0. The number of carboxylic acid groups (broad SMARTS) is 1. The second-order valence-corrected chi connectivity index (χ2v) is 5.10. The first-order valence-corrected chi connectivity index (χ1v) is 7.17. The van der Waals surface area contributed by atoms with Crippen LogP contribution in [0, 0.1) is 0 Å². The van der Waals surface area contributed by atoms with Gasteiger partial charge in [0.05, 0.1) is 5.56 Å². The molecule has 0 saturated carbocycles. The number of nitrogens with one attached hydrogen (secondary N) is 1. The van der Waals surface area contributed by atoms with Crippen molar-refractivity contribution in [3.8, 4) is 0 Å². The monoisotopic (exact) mass is 321 g/mol. The van der Waals surface area contributed by atoms with Gasteiger partial charge in [-0.05, 0) is 18.4 Å². The summed E-state index contributed by atoms with van der Waals surface area (Å²) in [4.78, 5) is 18.5. The number of hydrogen-bond donors (Lipinski definition) is 2. The van der Waals surface area contributed by atoms with Crippen LogP contribution in [-0.2, 0) is 11.2 Å². The minimum absolute atomic E-state index is 0.000379. The van der Waals surface area contributed by atoms with Crippen molar-refractivity contribution in [3.05, 3.63) is 53.9 Å². The molecule has 2 rings (SSSR count). The molecule has 2 N–H and O–H groups in total. The van der Waals surface area contributed by atoms with Crippen molar-refractivity contribution in [2.75, 3.05) is 5.32 Å². The van der Waals surface area contributed by atoms with Crippen LogP contribution in [0.25, 0.3) is 0 Å². The Kier molecular flexibility index (Phi) is 5.96. The summed E-state index contributed by atoms with van der Waals surface area (Å²) < 4.78 is 25.0. The molecule has 0 amide bonds. The molecule has 23 heavy (non-hydrogen) atoms. The molecule has 0 spiro atoms. The predicted octanol–water partition coefficient (Wildman–Crippen LogP) is 3.30. The van der Waals surface area contributed by atoms with E-state index in [1.807, 2.05) is 30.3 Å². The highest BCUT2D eigenvalue weighted by molar-refractivity contribution is 5.66. The van der Waals surface area contributed by atoms with Crippen LogP contribution in [0.3, 0.4) is 0 Å². The molecule has 1 aromatic heterocycles. The molecule has 122 valence electrons. The molecular formula is C16H17F2N3O2. The Labute approximate surface area is 132 Å². The van der Waals surface area contributed by atoms with Crippen molar-refractivity contribution < 1.29 is 18.7 Å². The zero-order chi connectivity index (χ0) is 16.7. The third-order valence-corrected chi connectivity index (χ3v) is 3.29. The Hall–Kier alpha value is -2.57. The Morgan fingerprint density at radius 1 is 1.17 bits per heavy atom. The van der Waals surface area contributed by atoms with Crippen LogP contribution in [0.5, 0.6) is 0 Å². The molecule has 1 unspecified atom stereocenters. The second-order valence-electron chi connectivity index (χ2n) is 5.10. The van der Waals surface area contributed by atoms with Gasteiger partial charge >= 0.3 is 5.97 Å². The predicted molar refractivity (Wildman–Crippen MR) is 81.4 cm³/mol. The molecule has 1 aromatic carbocycles. The summed E-state index contributed by atoms with van der Waals surface area (Å²) >= 11 is 0. The number of anilines is 1. The van der Waals surface area contributed by atoms with Crippen molar-refractivity contribution in [2.24, 2.45) is 0 Å². The Morgan fingerprint density at radius 3 is 2.39 bits per heavy atom. The third-order valence-electron chi connectivity index (χ3n) is 3.29. The van der Waals surface area contributed by atoms with E-state index in [4.69, 9.17) is 5.11 Å². The number of aromatic nitrogens is 2. The molecule has 5 nitrogen and oxygen atoms in total. The number of rotatable bonds is 8. The summed E-state index contributed by atoms with van der Waals surface area (Å²) in [7, 11) is 0. The zero-order valence-corrected chi connectivity index (χ0v) is 12.3. The number of carboxylic acids is 1.